The predicted molar refractivity (Wildman–Crippen MR) is 188 cm³/mol. The highest BCUT2D eigenvalue weighted by molar-refractivity contribution is 6.74. The largest absolute Gasteiger partial charge is 0.414 e. The first-order valence-electron chi connectivity index (χ1n) is 16.6. The highest BCUT2D eigenvalue weighted by atomic mass is 28.4. The summed E-state index contributed by atoms with van der Waals surface area (Å²) < 4.78 is 13.9. The lowest BCUT2D eigenvalue weighted by Crippen LogP contribution is -2.48. The van der Waals surface area contributed by atoms with E-state index in [0.717, 1.165) is 44.1 Å². The van der Waals surface area contributed by atoms with Crippen molar-refractivity contribution in [1.29, 1.82) is 0 Å². The van der Waals surface area contributed by atoms with Crippen LogP contribution in [0.5, 0.6) is 0 Å². The third-order valence-corrected chi connectivity index (χ3v) is 19.2. The molecule has 2 rings (SSSR count). The molecule has 1 aromatic rings. The number of aliphatic hydroxyl groups is 1. The van der Waals surface area contributed by atoms with Crippen LogP contribution in [0, 0.1) is 5.92 Å². The molecule has 3 atom stereocenters. The minimum absolute atomic E-state index is 0.208. The Labute approximate surface area is 262 Å². The van der Waals surface area contributed by atoms with Crippen LogP contribution in [0.2, 0.25) is 36.3 Å². The maximum Gasteiger partial charge on any atom is 0.192 e. The molecule has 0 aromatic heterocycles. The van der Waals surface area contributed by atoms with Gasteiger partial charge in [0.15, 0.2) is 16.6 Å². The Hall–Kier alpha value is -0.986. The maximum absolute atomic E-state index is 10.5. The predicted octanol–water partition coefficient (Wildman–Crippen LogP) is 11.1. The monoisotopic (exact) mass is 614 g/mol. The van der Waals surface area contributed by atoms with Gasteiger partial charge in [-0.15, -0.1) is 0 Å². The molecule has 1 unspecified atom stereocenters. The first-order valence-corrected chi connectivity index (χ1v) is 22.4. The number of allylic oxidation sites excluding steroid dienone is 3. The second-order valence-electron chi connectivity index (χ2n) is 16.7. The second-order valence-corrected chi connectivity index (χ2v) is 26.2. The van der Waals surface area contributed by atoms with E-state index in [1.54, 1.807) is 0 Å². The quantitative estimate of drug-likeness (QED) is 0.177. The van der Waals surface area contributed by atoms with Crippen molar-refractivity contribution in [1.82, 2.24) is 0 Å². The lowest BCUT2D eigenvalue weighted by molar-refractivity contribution is 0.0725. The van der Waals surface area contributed by atoms with E-state index in [2.05, 4.69) is 111 Å². The van der Waals surface area contributed by atoms with Crippen molar-refractivity contribution in [2.24, 2.45) is 5.92 Å². The summed E-state index contributed by atoms with van der Waals surface area (Å²) in [7, 11) is -3.70. The zero-order valence-corrected chi connectivity index (χ0v) is 31.7. The standard InChI is InChI=1S/C37H66O3Si2/c1-29(24-25-31-22-18-19-23-34(31)37(8,9)38)20-16-14-15-17-21-30-26-32(39-41(10,11)35(2,3)4)28-33(27-30)40-42(12,13)36(5,6)7/h15,17-19,21-23,29,32-33,38H,14,16,20,24-28H2,1-13H3/t29?,32-,33+. The van der Waals surface area contributed by atoms with Crippen molar-refractivity contribution in [3.63, 3.8) is 0 Å². The average Bonchev–Trinajstić information content (AvgIpc) is 2.82. The molecule has 1 aliphatic rings. The Kier molecular flexibility index (Phi) is 13.2. The van der Waals surface area contributed by atoms with Crippen molar-refractivity contribution in [2.45, 2.75) is 168 Å². The maximum atomic E-state index is 10.5. The summed E-state index contributed by atoms with van der Waals surface area (Å²) in [4.78, 5) is 0. The van der Waals surface area contributed by atoms with Crippen LogP contribution in [0.4, 0.5) is 0 Å². The molecule has 42 heavy (non-hydrogen) atoms. The van der Waals surface area contributed by atoms with Gasteiger partial charge in [-0.2, -0.15) is 0 Å². The third kappa shape index (κ3) is 11.5. The Morgan fingerprint density at radius 3 is 1.88 bits per heavy atom. The van der Waals surface area contributed by atoms with Gasteiger partial charge in [-0.25, -0.2) is 0 Å². The van der Waals surface area contributed by atoms with Gasteiger partial charge in [-0.3, -0.25) is 0 Å². The lowest BCUT2D eigenvalue weighted by Gasteiger charge is -2.45. The fourth-order valence-corrected chi connectivity index (χ4v) is 8.13. The first-order chi connectivity index (χ1) is 19.1. The lowest BCUT2D eigenvalue weighted by atomic mass is 9.88. The summed E-state index contributed by atoms with van der Waals surface area (Å²) in [6.07, 6.45) is 16.3. The molecule has 0 bridgehead atoms. The third-order valence-electron chi connectivity index (χ3n) is 10.2. The SMILES string of the molecule is CC(CCCC=CC=C1C[C@@H](O[Si](C)(C)C(C)(C)C)C[C@@H](O[Si](C)(C)C(C)(C)C)C1)CCc1ccccc1C(C)(C)O. The van der Waals surface area contributed by atoms with E-state index in [0.29, 0.717) is 5.92 Å². The fraction of sp³-hybridized carbons (Fsp3) is 0.730. The number of hydrogen-bond acceptors (Lipinski definition) is 3. The molecular formula is C37H66O3Si2. The van der Waals surface area contributed by atoms with Gasteiger partial charge in [-0.05, 0) is 112 Å². The van der Waals surface area contributed by atoms with E-state index < -0.39 is 22.2 Å². The molecule has 0 heterocycles. The van der Waals surface area contributed by atoms with Crippen LogP contribution in [-0.4, -0.2) is 33.9 Å². The number of hydrogen-bond donors (Lipinski definition) is 1. The summed E-state index contributed by atoms with van der Waals surface area (Å²) >= 11 is 0. The van der Waals surface area contributed by atoms with Gasteiger partial charge in [0, 0.05) is 0 Å². The summed E-state index contributed by atoms with van der Waals surface area (Å²) in [6, 6.07) is 8.35. The second kappa shape index (κ2) is 14.9. The average molecular weight is 615 g/mol. The molecule has 240 valence electrons. The van der Waals surface area contributed by atoms with Crippen LogP contribution in [0.3, 0.4) is 0 Å². The van der Waals surface area contributed by atoms with Gasteiger partial charge in [0.05, 0.1) is 17.8 Å². The molecule has 1 saturated carbocycles. The van der Waals surface area contributed by atoms with Crippen LogP contribution >= 0.6 is 0 Å². The smallest absolute Gasteiger partial charge is 0.192 e. The number of aryl methyl sites for hydroxylation is 1. The molecule has 1 aromatic carbocycles. The number of benzene rings is 1. The zero-order valence-electron chi connectivity index (χ0n) is 29.7. The zero-order chi connectivity index (χ0) is 32.0. The van der Waals surface area contributed by atoms with E-state index in [9.17, 15) is 5.11 Å². The van der Waals surface area contributed by atoms with Gasteiger partial charge in [-0.1, -0.05) is 103 Å². The van der Waals surface area contributed by atoms with Crippen LogP contribution < -0.4 is 0 Å². The van der Waals surface area contributed by atoms with E-state index in [1.165, 1.54) is 24.0 Å². The van der Waals surface area contributed by atoms with Crippen molar-refractivity contribution in [3.05, 3.63) is 59.2 Å². The number of unbranched alkanes of at least 4 members (excludes halogenated alkanes) is 1. The van der Waals surface area contributed by atoms with E-state index in [-0.39, 0.29) is 22.3 Å². The molecule has 0 amide bonds. The van der Waals surface area contributed by atoms with Crippen molar-refractivity contribution in [2.75, 3.05) is 0 Å². The van der Waals surface area contributed by atoms with Gasteiger partial charge in [0.1, 0.15) is 0 Å². The highest BCUT2D eigenvalue weighted by Crippen LogP contribution is 2.43. The van der Waals surface area contributed by atoms with Crippen LogP contribution in [0.1, 0.15) is 118 Å². The Morgan fingerprint density at radius 1 is 0.857 bits per heavy atom. The van der Waals surface area contributed by atoms with Crippen LogP contribution in [0.15, 0.2) is 48.1 Å². The molecule has 0 aliphatic heterocycles. The normalized spacial score (nSPS) is 21.3. The molecule has 5 heteroatoms. The topological polar surface area (TPSA) is 38.7 Å². The first kappa shape index (κ1) is 37.2. The minimum atomic E-state index is -1.85. The molecule has 1 fully saturated rings. The highest BCUT2D eigenvalue weighted by Gasteiger charge is 2.43. The number of rotatable bonds is 13. The molecule has 0 radical (unpaired) electrons. The van der Waals surface area contributed by atoms with Crippen LogP contribution in [0.25, 0.3) is 0 Å². The molecule has 0 saturated heterocycles. The van der Waals surface area contributed by atoms with Gasteiger partial charge in [0.2, 0.25) is 0 Å². The van der Waals surface area contributed by atoms with E-state index in [4.69, 9.17) is 8.85 Å². The Bertz CT molecular complexity index is 996. The molecule has 0 spiro atoms. The van der Waals surface area contributed by atoms with Crippen molar-refractivity contribution >= 4 is 16.6 Å². The van der Waals surface area contributed by atoms with Crippen molar-refractivity contribution < 1.29 is 14.0 Å². The van der Waals surface area contributed by atoms with Gasteiger partial charge >= 0.3 is 0 Å². The molecular weight excluding hydrogens is 549 g/mol. The van der Waals surface area contributed by atoms with Gasteiger partial charge in [0.25, 0.3) is 0 Å². The van der Waals surface area contributed by atoms with Crippen LogP contribution in [-0.2, 0) is 20.9 Å². The molecule has 3 nitrogen and oxygen atoms in total. The summed E-state index contributed by atoms with van der Waals surface area (Å²) in [5.74, 6) is 0.673. The Balaban J connectivity index is 1.96. The molecule has 1 N–H and O–H groups in total. The minimum Gasteiger partial charge on any atom is -0.414 e. The van der Waals surface area contributed by atoms with Crippen molar-refractivity contribution in [3.8, 4) is 0 Å². The fourth-order valence-electron chi connectivity index (χ4n) is 5.40. The summed E-state index contributed by atoms with van der Waals surface area (Å²) in [5.41, 5.74) is 3.03. The summed E-state index contributed by atoms with van der Waals surface area (Å²) in [6.45, 7) is 29.6. The van der Waals surface area contributed by atoms with E-state index in [1.807, 2.05) is 19.9 Å². The van der Waals surface area contributed by atoms with E-state index >= 15 is 0 Å². The van der Waals surface area contributed by atoms with Gasteiger partial charge < -0.3 is 14.0 Å². The Morgan fingerprint density at radius 2 is 1.38 bits per heavy atom. The summed E-state index contributed by atoms with van der Waals surface area (Å²) in [5, 5.41) is 10.9. The molecule has 1 aliphatic carbocycles.